The highest BCUT2D eigenvalue weighted by molar-refractivity contribution is 5.80. The zero-order valence-corrected chi connectivity index (χ0v) is 17.7. The van der Waals surface area contributed by atoms with Crippen LogP contribution in [0.3, 0.4) is 0 Å². The summed E-state index contributed by atoms with van der Waals surface area (Å²) in [6.07, 6.45) is 0.249. The van der Waals surface area contributed by atoms with Gasteiger partial charge in [0.2, 0.25) is 11.7 Å². The van der Waals surface area contributed by atoms with Crippen LogP contribution in [0.2, 0.25) is 0 Å². The largest absolute Gasteiger partial charge is 0.493 e. The molecule has 0 spiro atoms. The first-order valence-corrected chi connectivity index (χ1v) is 9.86. The van der Waals surface area contributed by atoms with Crippen LogP contribution in [-0.2, 0) is 17.8 Å². The van der Waals surface area contributed by atoms with E-state index >= 15 is 0 Å². The zero-order valence-electron chi connectivity index (χ0n) is 17.7. The van der Waals surface area contributed by atoms with Crippen LogP contribution in [0.4, 0.5) is 0 Å². The Morgan fingerprint density at radius 3 is 2.17 bits per heavy atom. The van der Waals surface area contributed by atoms with Gasteiger partial charge < -0.3 is 19.1 Å². The number of benzene rings is 2. The molecule has 0 bridgehead atoms. The Bertz CT molecular complexity index is 913. The molecule has 30 heavy (non-hydrogen) atoms. The first kappa shape index (κ1) is 21.5. The van der Waals surface area contributed by atoms with Crippen LogP contribution in [0.15, 0.2) is 36.4 Å². The molecule has 7 nitrogen and oxygen atoms in total. The maximum atomic E-state index is 12.9. The smallest absolute Gasteiger partial charge is 0.227 e. The standard InChI is InChI=1S/C23H27N3O4/c1-28-20-9-8-19(22(29-2)23(20)30-3)14-21(27)26-12-10-25(11-13-26)16-18-6-4-17(15-24)5-7-18/h4-9H,10-14,16H2,1-3H3. The van der Waals surface area contributed by atoms with Gasteiger partial charge in [0.25, 0.3) is 0 Å². The Balaban J connectivity index is 1.58. The van der Waals surface area contributed by atoms with Crippen LogP contribution in [0.5, 0.6) is 17.2 Å². The SMILES string of the molecule is COc1ccc(CC(=O)N2CCN(Cc3ccc(C#N)cc3)CC2)c(OC)c1OC. The van der Waals surface area contributed by atoms with Crippen molar-refractivity contribution in [1.29, 1.82) is 5.26 Å². The van der Waals surface area contributed by atoms with Crippen molar-refractivity contribution in [2.75, 3.05) is 47.5 Å². The second-order valence-electron chi connectivity index (χ2n) is 7.14. The van der Waals surface area contributed by atoms with E-state index in [0.29, 0.717) is 35.9 Å². The number of hydrogen-bond acceptors (Lipinski definition) is 6. The predicted molar refractivity (Wildman–Crippen MR) is 113 cm³/mol. The van der Waals surface area contributed by atoms with Crippen LogP contribution in [0.25, 0.3) is 0 Å². The number of methoxy groups -OCH3 is 3. The second kappa shape index (κ2) is 9.99. The highest BCUT2D eigenvalue weighted by atomic mass is 16.5. The number of piperazine rings is 1. The fraction of sp³-hybridized carbons (Fsp3) is 0.391. The molecular weight excluding hydrogens is 382 g/mol. The number of carbonyl (C=O) groups is 1. The normalized spacial score (nSPS) is 14.1. The highest BCUT2D eigenvalue weighted by Crippen LogP contribution is 2.40. The third kappa shape index (κ3) is 4.84. The summed E-state index contributed by atoms with van der Waals surface area (Å²) in [4.78, 5) is 17.1. The van der Waals surface area contributed by atoms with Gasteiger partial charge in [-0.05, 0) is 23.8 Å². The molecule has 1 fully saturated rings. The van der Waals surface area contributed by atoms with E-state index in [1.807, 2.05) is 35.2 Å². The van der Waals surface area contributed by atoms with Crippen LogP contribution in [-0.4, -0.2) is 63.2 Å². The Kier molecular flexibility index (Phi) is 7.15. The molecule has 1 aliphatic heterocycles. The lowest BCUT2D eigenvalue weighted by atomic mass is 10.1. The molecule has 158 valence electrons. The number of amides is 1. The molecule has 0 N–H and O–H groups in total. The van der Waals surface area contributed by atoms with E-state index in [2.05, 4.69) is 11.0 Å². The van der Waals surface area contributed by atoms with Crippen LogP contribution < -0.4 is 14.2 Å². The molecule has 0 unspecified atom stereocenters. The van der Waals surface area contributed by atoms with Gasteiger partial charge in [-0.25, -0.2) is 0 Å². The van der Waals surface area contributed by atoms with Crippen molar-refractivity contribution in [3.8, 4) is 23.3 Å². The van der Waals surface area contributed by atoms with E-state index in [-0.39, 0.29) is 12.3 Å². The van der Waals surface area contributed by atoms with Gasteiger partial charge in [-0.2, -0.15) is 5.26 Å². The third-order valence-electron chi connectivity index (χ3n) is 5.34. The number of ether oxygens (including phenoxy) is 3. The summed E-state index contributed by atoms with van der Waals surface area (Å²) in [5, 5.41) is 8.91. The van der Waals surface area contributed by atoms with E-state index in [0.717, 1.165) is 25.2 Å². The van der Waals surface area contributed by atoms with Gasteiger partial charge in [0.05, 0.1) is 39.4 Å². The Hall–Kier alpha value is -3.24. The van der Waals surface area contributed by atoms with E-state index in [9.17, 15) is 4.79 Å². The average Bonchev–Trinajstić information content (AvgIpc) is 2.79. The fourth-order valence-corrected chi connectivity index (χ4v) is 3.68. The summed E-state index contributed by atoms with van der Waals surface area (Å²) in [6, 6.07) is 13.4. The van der Waals surface area contributed by atoms with Gasteiger partial charge in [-0.1, -0.05) is 18.2 Å². The lowest BCUT2D eigenvalue weighted by Crippen LogP contribution is -2.48. The van der Waals surface area contributed by atoms with E-state index in [4.69, 9.17) is 19.5 Å². The van der Waals surface area contributed by atoms with Gasteiger partial charge in [0.15, 0.2) is 11.5 Å². The van der Waals surface area contributed by atoms with Gasteiger partial charge in [-0.15, -0.1) is 0 Å². The summed E-state index contributed by atoms with van der Waals surface area (Å²) in [7, 11) is 4.69. The molecule has 1 saturated heterocycles. The van der Waals surface area contributed by atoms with Crippen molar-refractivity contribution in [2.45, 2.75) is 13.0 Å². The minimum absolute atomic E-state index is 0.0681. The highest BCUT2D eigenvalue weighted by Gasteiger charge is 2.24. The number of carbonyl (C=O) groups excluding carboxylic acids is 1. The predicted octanol–water partition coefficient (Wildman–Crippen LogP) is 2.47. The van der Waals surface area contributed by atoms with Crippen LogP contribution in [0.1, 0.15) is 16.7 Å². The fourth-order valence-electron chi connectivity index (χ4n) is 3.68. The lowest BCUT2D eigenvalue weighted by Gasteiger charge is -2.35. The summed E-state index contributed by atoms with van der Waals surface area (Å²) in [5.41, 5.74) is 2.61. The first-order valence-electron chi connectivity index (χ1n) is 9.86. The van der Waals surface area contributed by atoms with Crippen LogP contribution >= 0.6 is 0 Å². The Morgan fingerprint density at radius 2 is 1.60 bits per heavy atom. The number of rotatable bonds is 7. The maximum Gasteiger partial charge on any atom is 0.227 e. The molecule has 2 aromatic rings. The topological polar surface area (TPSA) is 75.0 Å². The molecular formula is C23H27N3O4. The third-order valence-corrected chi connectivity index (χ3v) is 5.34. The van der Waals surface area contributed by atoms with Crippen molar-refractivity contribution in [1.82, 2.24) is 9.80 Å². The van der Waals surface area contributed by atoms with Crippen LogP contribution in [0, 0.1) is 11.3 Å². The molecule has 1 aliphatic rings. The maximum absolute atomic E-state index is 12.9. The molecule has 0 aliphatic carbocycles. The molecule has 0 atom stereocenters. The van der Waals surface area contributed by atoms with Gasteiger partial charge >= 0.3 is 0 Å². The van der Waals surface area contributed by atoms with E-state index in [1.165, 1.54) is 5.56 Å². The quantitative estimate of drug-likeness (QED) is 0.699. The van der Waals surface area contributed by atoms with Crippen molar-refractivity contribution >= 4 is 5.91 Å². The molecule has 0 saturated carbocycles. The number of nitrogens with zero attached hydrogens (tertiary/aromatic N) is 3. The van der Waals surface area contributed by atoms with Crippen molar-refractivity contribution in [3.63, 3.8) is 0 Å². The minimum atomic E-state index is 0.0681. The van der Waals surface area contributed by atoms with Gasteiger partial charge in [-0.3, -0.25) is 9.69 Å². The monoisotopic (exact) mass is 409 g/mol. The van der Waals surface area contributed by atoms with Crippen molar-refractivity contribution in [2.24, 2.45) is 0 Å². The zero-order chi connectivity index (χ0) is 21.5. The summed E-state index contributed by atoms with van der Waals surface area (Å²) in [5.74, 6) is 1.67. The molecule has 1 amide bonds. The summed E-state index contributed by atoms with van der Waals surface area (Å²) in [6.45, 7) is 3.82. The molecule has 0 aromatic heterocycles. The van der Waals surface area contributed by atoms with Gasteiger partial charge in [0.1, 0.15) is 0 Å². The number of hydrogen-bond donors (Lipinski definition) is 0. The second-order valence-corrected chi connectivity index (χ2v) is 7.14. The summed E-state index contributed by atoms with van der Waals surface area (Å²) < 4.78 is 16.2. The molecule has 2 aromatic carbocycles. The Labute approximate surface area is 177 Å². The lowest BCUT2D eigenvalue weighted by molar-refractivity contribution is -0.132. The first-order chi connectivity index (χ1) is 14.6. The van der Waals surface area contributed by atoms with Gasteiger partial charge in [0, 0.05) is 38.3 Å². The molecule has 7 heteroatoms. The molecule has 3 rings (SSSR count). The Morgan fingerprint density at radius 1 is 0.933 bits per heavy atom. The van der Waals surface area contributed by atoms with Crippen molar-refractivity contribution in [3.05, 3.63) is 53.1 Å². The number of nitriles is 1. The summed E-state index contributed by atoms with van der Waals surface area (Å²) >= 11 is 0. The minimum Gasteiger partial charge on any atom is -0.493 e. The average molecular weight is 409 g/mol. The van der Waals surface area contributed by atoms with Crippen molar-refractivity contribution < 1.29 is 19.0 Å². The van der Waals surface area contributed by atoms with E-state index < -0.39 is 0 Å². The molecule has 1 heterocycles. The molecule has 0 radical (unpaired) electrons. The van der Waals surface area contributed by atoms with E-state index in [1.54, 1.807) is 27.4 Å².